The lowest BCUT2D eigenvalue weighted by atomic mass is 9.79. The fourth-order valence-corrected chi connectivity index (χ4v) is 9.78. The molecule has 4 N–H and O–H groups in total. The van der Waals surface area contributed by atoms with Crippen molar-refractivity contribution in [2.75, 3.05) is 27.9 Å². The number of piperidine rings is 1. The van der Waals surface area contributed by atoms with E-state index in [1.54, 1.807) is 34.1 Å². The average Bonchev–Trinajstić information content (AvgIpc) is 3.28. The highest BCUT2D eigenvalue weighted by molar-refractivity contribution is 6.39. The summed E-state index contributed by atoms with van der Waals surface area (Å²) in [6, 6.07) is -1.12. The molecule has 6 unspecified atom stereocenters. The summed E-state index contributed by atoms with van der Waals surface area (Å²) in [6.07, 6.45) is 15.4. The molecular formula is C51H81NO13. The molecule has 3 fully saturated rings. The van der Waals surface area contributed by atoms with Crippen molar-refractivity contribution in [1.29, 1.82) is 0 Å². The number of likely N-dealkylation sites (tertiary alicyclic amines) is 1. The van der Waals surface area contributed by atoms with Crippen molar-refractivity contribution in [3.63, 3.8) is 0 Å². The Hall–Kier alpha value is -3.37. The maximum Gasteiger partial charge on any atom is 0.326 e. The van der Waals surface area contributed by atoms with Gasteiger partial charge in [-0.2, -0.15) is 0 Å². The van der Waals surface area contributed by atoms with Gasteiger partial charge < -0.3 is 44.3 Å². The molecule has 14 atom stereocenters. The molecule has 3 rings (SSSR count). The number of carboxylic acids is 1. The zero-order valence-electron chi connectivity index (χ0n) is 40.8. The second-order valence-electron chi connectivity index (χ2n) is 19.4. The molecule has 368 valence electrons. The predicted molar refractivity (Wildman–Crippen MR) is 248 cm³/mol. The van der Waals surface area contributed by atoms with Gasteiger partial charge >= 0.3 is 5.97 Å². The van der Waals surface area contributed by atoms with Crippen molar-refractivity contribution >= 4 is 29.2 Å². The molecule has 2 aliphatic heterocycles. The molecule has 2 heterocycles. The number of carboxylic acid groups (broad SMARTS) is 1. The maximum atomic E-state index is 13.5. The number of aliphatic carboxylic acids is 1. The van der Waals surface area contributed by atoms with Crippen LogP contribution >= 0.6 is 0 Å². The normalized spacial score (nSPS) is 29.2. The van der Waals surface area contributed by atoms with Gasteiger partial charge in [0, 0.05) is 58.5 Å². The van der Waals surface area contributed by atoms with E-state index in [1.165, 1.54) is 7.11 Å². The molecule has 1 amide bonds. The number of hydrogen-bond donors (Lipinski definition) is 4. The van der Waals surface area contributed by atoms with Crippen molar-refractivity contribution in [2.45, 2.75) is 180 Å². The Balaban J connectivity index is 1.49. The largest absolute Gasteiger partial charge is 0.480 e. The third-order valence-electron chi connectivity index (χ3n) is 14.1. The molecule has 2 saturated heterocycles. The third kappa shape index (κ3) is 16.1. The highest BCUT2D eigenvalue weighted by Gasteiger charge is 2.52. The van der Waals surface area contributed by atoms with Gasteiger partial charge in [0.15, 0.2) is 5.78 Å². The van der Waals surface area contributed by atoms with E-state index < -0.39 is 77.8 Å². The molecule has 14 nitrogen and oxygen atoms in total. The number of carbonyl (C=O) groups is 5. The lowest BCUT2D eigenvalue weighted by Crippen LogP contribution is -2.60. The Kier molecular flexibility index (Phi) is 23.1. The second kappa shape index (κ2) is 26.8. The van der Waals surface area contributed by atoms with E-state index in [0.717, 1.165) is 42.6 Å². The van der Waals surface area contributed by atoms with Gasteiger partial charge in [0.2, 0.25) is 5.79 Å². The van der Waals surface area contributed by atoms with Crippen molar-refractivity contribution in [2.24, 2.45) is 35.5 Å². The Morgan fingerprint density at radius 3 is 2.25 bits per heavy atom. The highest BCUT2D eigenvalue weighted by atomic mass is 16.6. The van der Waals surface area contributed by atoms with Crippen LogP contribution < -0.4 is 0 Å². The van der Waals surface area contributed by atoms with Crippen LogP contribution in [0.1, 0.15) is 132 Å². The molecule has 0 radical (unpaired) electrons. The summed E-state index contributed by atoms with van der Waals surface area (Å²) in [5, 5.41) is 42.4. The molecule has 0 bridgehead atoms. The monoisotopic (exact) mass is 916 g/mol. The molecule has 0 aromatic carbocycles. The van der Waals surface area contributed by atoms with Crippen LogP contribution in [0.5, 0.6) is 0 Å². The molecule has 65 heavy (non-hydrogen) atoms. The van der Waals surface area contributed by atoms with Crippen LogP contribution in [0.3, 0.4) is 0 Å². The van der Waals surface area contributed by atoms with Crippen molar-refractivity contribution in [1.82, 2.24) is 4.90 Å². The standard InChI is InChI=1S/C51H81NO13/c1-31(26-35(5)45(55)47(64-10)46(56)36(6)28-34(4)41(53)23-19-32(2)27-38-21-24-42(54)44(29-38)63-9)16-12-11-13-17-33(3)43(62-8)30-39-22-20-37(7)51(61,65-39)48(57)49(58)52-25-15-14-18-40(52)50(59)60/h11-13,16-17,28,31-32,34-35,37-40,42-44,46-47,54,56,61H,14-15,18-27,29-30H2,1-10H3,(H,59,60)/b13-11+,16-12+,33-17+,36-28+/t31-,32+,34-,35-,37-,38+,39+,40+,42?,43?,44?,46?,47?,51?/m1/s1. The summed E-state index contributed by atoms with van der Waals surface area (Å²) < 4.78 is 22.7. The molecular weight excluding hydrogens is 835 g/mol. The molecule has 0 aromatic heterocycles. The van der Waals surface area contributed by atoms with Crippen LogP contribution in [0.15, 0.2) is 47.6 Å². The molecule has 1 aliphatic carbocycles. The number of amides is 1. The van der Waals surface area contributed by atoms with Crippen molar-refractivity contribution < 1.29 is 63.3 Å². The average molecular weight is 916 g/mol. The van der Waals surface area contributed by atoms with Crippen LogP contribution in [-0.2, 0) is 42.9 Å². The van der Waals surface area contributed by atoms with Gasteiger partial charge in [0.05, 0.1) is 24.4 Å². The summed E-state index contributed by atoms with van der Waals surface area (Å²) >= 11 is 0. The zero-order valence-corrected chi connectivity index (χ0v) is 40.8. The topological polar surface area (TPSA) is 206 Å². The van der Waals surface area contributed by atoms with E-state index in [4.69, 9.17) is 18.9 Å². The Bertz CT molecular complexity index is 1710. The number of Topliss-reactive ketones (excluding diaryl/α,β-unsaturated/α-hetero) is 3. The van der Waals surface area contributed by atoms with Crippen molar-refractivity contribution in [3.8, 4) is 0 Å². The summed E-state index contributed by atoms with van der Waals surface area (Å²) in [5.41, 5.74) is 1.38. The number of carbonyl (C=O) groups excluding carboxylic acids is 4. The maximum absolute atomic E-state index is 13.5. The Labute approximate surface area is 387 Å². The summed E-state index contributed by atoms with van der Waals surface area (Å²) in [7, 11) is 4.61. The van der Waals surface area contributed by atoms with Gasteiger partial charge in [-0.3, -0.25) is 19.2 Å². The first-order chi connectivity index (χ1) is 30.7. The molecule has 0 spiro atoms. The van der Waals surface area contributed by atoms with Gasteiger partial charge in [-0.1, -0.05) is 71.1 Å². The summed E-state index contributed by atoms with van der Waals surface area (Å²) in [4.78, 5) is 66.2. The van der Waals surface area contributed by atoms with E-state index in [1.807, 2.05) is 58.1 Å². The van der Waals surface area contributed by atoms with Crippen LogP contribution in [0.25, 0.3) is 0 Å². The minimum absolute atomic E-state index is 0.0249. The second-order valence-corrected chi connectivity index (χ2v) is 19.4. The predicted octanol–water partition coefficient (Wildman–Crippen LogP) is 6.73. The first-order valence-electron chi connectivity index (χ1n) is 23.9. The number of ketones is 3. The number of methoxy groups -OCH3 is 3. The number of allylic oxidation sites excluding steroid dienone is 6. The Morgan fingerprint density at radius 2 is 1.60 bits per heavy atom. The zero-order chi connectivity index (χ0) is 48.6. The fraction of sp³-hybridized carbons (Fsp3) is 0.745. The smallest absolute Gasteiger partial charge is 0.326 e. The van der Waals surface area contributed by atoms with Gasteiger partial charge in [0.1, 0.15) is 24.0 Å². The minimum atomic E-state index is -2.38. The SMILES string of the molecule is COC(C[C@@H]1CC[C@@H](C)C(O)(C(=O)C(=O)N2CCCC[C@H]2C(=O)O)O1)/C(C)=C/C=C/C=C/[C@@H](C)C[C@@H](C)C(=O)C(OC)C(O)/C(C)=C/[C@@H](C)C(=O)CC[C@H](C)C[C@@H]1CCC(O)C(OC)C1. The fourth-order valence-electron chi connectivity index (χ4n) is 9.78. The third-order valence-corrected chi connectivity index (χ3v) is 14.1. The molecule has 3 aliphatic rings. The van der Waals surface area contributed by atoms with Crippen LogP contribution in [0.2, 0.25) is 0 Å². The molecule has 0 aromatic rings. The number of ether oxygens (including phenoxy) is 4. The van der Waals surface area contributed by atoms with E-state index in [9.17, 15) is 44.4 Å². The van der Waals surface area contributed by atoms with E-state index in [0.29, 0.717) is 62.4 Å². The van der Waals surface area contributed by atoms with Gasteiger partial charge in [-0.05, 0) is 113 Å². The number of nitrogens with zero attached hydrogens (tertiary/aromatic N) is 1. The molecule has 1 saturated carbocycles. The van der Waals surface area contributed by atoms with Crippen LogP contribution in [0, 0.1) is 35.5 Å². The van der Waals surface area contributed by atoms with E-state index in [-0.39, 0.29) is 36.6 Å². The lowest BCUT2D eigenvalue weighted by molar-refractivity contribution is -0.265. The number of aliphatic hydroxyl groups is 3. The lowest BCUT2D eigenvalue weighted by Gasteiger charge is -2.42. The number of aliphatic hydroxyl groups excluding tert-OH is 2. The van der Waals surface area contributed by atoms with Gasteiger partial charge in [-0.15, -0.1) is 0 Å². The number of hydrogen-bond acceptors (Lipinski definition) is 12. The van der Waals surface area contributed by atoms with Crippen LogP contribution in [0.4, 0.5) is 0 Å². The van der Waals surface area contributed by atoms with Gasteiger partial charge in [0.25, 0.3) is 11.7 Å². The number of rotatable bonds is 25. The Morgan fingerprint density at radius 1 is 0.892 bits per heavy atom. The van der Waals surface area contributed by atoms with E-state index in [2.05, 4.69) is 6.92 Å². The summed E-state index contributed by atoms with van der Waals surface area (Å²) in [5.74, 6) is -6.52. The van der Waals surface area contributed by atoms with E-state index >= 15 is 0 Å². The highest BCUT2D eigenvalue weighted by Crippen LogP contribution is 2.37. The first-order valence-corrected chi connectivity index (χ1v) is 23.9. The van der Waals surface area contributed by atoms with Crippen molar-refractivity contribution in [3.05, 3.63) is 47.6 Å². The van der Waals surface area contributed by atoms with Crippen LogP contribution in [-0.4, -0.2) is 131 Å². The van der Waals surface area contributed by atoms with Gasteiger partial charge in [-0.25, -0.2) is 4.79 Å². The first kappa shape index (κ1) is 56.0. The summed E-state index contributed by atoms with van der Waals surface area (Å²) in [6.45, 7) is 13.2. The minimum Gasteiger partial charge on any atom is -0.480 e. The quantitative estimate of drug-likeness (QED) is 0.0427. The molecule has 14 heteroatoms.